The normalized spacial score (nSPS) is 20.0. The summed E-state index contributed by atoms with van der Waals surface area (Å²) in [4.78, 5) is 9.39. The van der Waals surface area contributed by atoms with Crippen LogP contribution in [0.3, 0.4) is 0 Å². The van der Waals surface area contributed by atoms with Gasteiger partial charge in [-0.25, -0.2) is 0 Å². The number of guanidine groups is 1. The molecular formula is C24H40N4O. The van der Waals surface area contributed by atoms with Gasteiger partial charge in [-0.2, -0.15) is 0 Å². The van der Waals surface area contributed by atoms with Gasteiger partial charge in [-0.05, 0) is 68.2 Å². The van der Waals surface area contributed by atoms with Crippen LogP contribution in [0.25, 0.3) is 0 Å². The van der Waals surface area contributed by atoms with Crippen LogP contribution < -0.4 is 5.32 Å². The molecule has 0 amide bonds. The summed E-state index contributed by atoms with van der Waals surface area (Å²) in [5.74, 6) is 2.65. The summed E-state index contributed by atoms with van der Waals surface area (Å²) < 4.78 is 5.48. The molecule has 162 valence electrons. The minimum Gasteiger partial charge on any atom is -0.381 e. The number of benzene rings is 1. The smallest absolute Gasteiger partial charge is 0.193 e. The lowest BCUT2D eigenvalue weighted by Gasteiger charge is -2.31. The van der Waals surface area contributed by atoms with Gasteiger partial charge in [0.25, 0.3) is 0 Å². The van der Waals surface area contributed by atoms with Crippen molar-refractivity contribution in [1.29, 1.82) is 0 Å². The first-order chi connectivity index (χ1) is 14.2. The van der Waals surface area contributed by atoms with Crippen LogP contribution in [-0.2, 0) is 17.8 Å². The van der Waals surface area contributed by atoms with Crippen molar-refractivity contribution in [2.24, 2.45) is 16.8 Å². The van der Waals surface area contributed by atoms with Crippen LogP contribution in [0.2, 0.25) is 0 Å². The standard InChI is InChI=1S/C24H40N4O/c1-20-8-14-28(15-9-20)19-23-7-5-4-6-22(23)18-26-24(25-2)27(3)13-10-21-11-16-29-17-12-21/h4-7,20-21H,8-19H2,1-3H3,(H,25,26). The van der Waals surface area contributed by atoms with Gasteiger partial charge in [0.2, 0.25) is 0 Å². The average molecular weight is 401 g/mol. The van der Waals surface area contributed by atoms with E-state index < -0.39 is 0 Å². The minimum absolute atomic E-state index is 0.789. The van der Waals surface area contributed by atoms with Crippen LogP contribution in [0.5, 0.6) is 0 Å². The van der Waals surface area contributed by atoms with E-state index in [2.05, 4.69) is 58.3 Å². The number of aliphatic imine (C=N–C) groups is 1. The molecule has 1 N–H and O–H groups in total. The molecule has 2 fully saturated rings. The molecule has 2 heterocycles. The zero-order valence-corrected chi connectivity index (χ0v) is 18.7. The third-order valence-corrected chi connectivity index (χ3v) is 6.61. The Morgan fingerprint density at radius 3 is 2.52 bits per heavy atom. The maximum absolute atomic E-state index is 5.48. The topological polar surface area (TPSA) is 40.1 Å². The van der Waals surface area contributed by atoms with Gasteiger partial charge in [-0.1, -0.05) is 31.2 Å². The van der Waals surface area contributed by atoms with E-state index in [0.29, 0.717) is 0 Å². The van der Waals surface area contributed by atoms with Gasteiger partial charge in [-0.15, -0.1) is 0 Å². The first-order valence-electron chi connectivity index (χ1n) is 11.4. The molecule has 5 nitrogen and oxygen atoms in total. The zero-order chi connectivity index (χ0) is 20.5. The first-order valence-corrected chi connectivity index (χ1v) is 11.4. The highest BCUT2D eigenvalue weighted by Gasteiger charge is 2.18. The zero-order valence-electron chi connectivity index (χ0n) is 18.7. The number of ether oxygens (including phenoxy) is 1. The van der Waals surface area contributed by atoms with Gasteiger partial charge < -0.3 is 15.0 Å². The number of piperidine rings is 1. The molecular weight excluding hydrogens is 360 g/mol. The van der Waals surface area contributed by atoms with E-state index in [1.54, 1.807) is 0 Å². The number of nitrogens with one attached hydrogen (secondary N) is 1. The van der Waals surface area contributed by atoms with E-state index in [9.17, 15) is 0 Å². The summed E-state index contributed by atoms with van der Waals surface area (Å²) in [6.07, 6.45) is 6.26. The van der Waals surface area contributed by atoms with Gasteiger partial charge in [0, 0.05) is 46.9 Å². The Morgan fingerprint density at radius 2 is 1.83 bits per heavy atom. The number of rotatable bonds is 7. The first kappa shape index (κ1) is 22.1. The molecule has 29 heavy (non-hydrogen) atoms. The molecule has 2 aliphatic rings. The fourth-order valence-electron chi connectivity index (χ4n) is 4.42. The van der Waals surface area contributed by atoms with Crippen molar-refractivity contribution in [3.8, 4) is 0 Å². The van der Waals surface area contributed by atoms with Gasteiger partial charge in [-0.3, -0.25) is 9.89 Å². The molecule has 0 saturated carbocycles. The second-order valence-corrected chi connectivity index (χ2v) is 8.89. The van der Waals surface area contributed by atoms with Crippen LogP contribution in [0.1, 0.15) is 50.2 Å². The van der Waals surface area contributed by atoms with Crippen LogP contribution >= 0.6 is 0 Å². The Labute approximate surface area is 177 Å². The maximum atomic E-state index is 5.48. The molecule has 0 bridgehead atoms. The van der Waals surface area contributed by atoms with Crippen LogP contribution in [0, 0.1) is 11.8 Å². The molecule has 0 unspecified atom stereocenters. The van der Waals surface area contributed by atoms with E-state index in [0.717, 1.165) is 50.6 Å². The second kappa shape index (κ2) is 11.6. The maximum Gasteiger partial charge on any atom is 0.193 e. The Morgan fingerprint density at radius 1 is 1.14 bits per heavy atom. The van der Waals surface area contributed by atoms with Crippen molar-refractivity contribution >= 4 is 5.96 Å². The minimum atomic E-state index is 0.789. The summed E-state index contributed by atoms with van der Waals surface area (Å²) >= 11 is 0. The Kier molecular flexibility index (Phi) is 8.81. The Balaban J connectivity index is 1.49. The molecule has 2 saturated heterocycles. The lowest BCUT2D eigenvalue weighted by atomic mass is 9.96. The number of hydrogen-bond donors (Lipinski definition) is 1. The lowest BCUT2D eigenvalue weighted by molar-refractivity contribution is 0.0625. The highest BCUT2D eigenvalue weighted by atomic mass is 16.5. The lowest BCUT2D eigenvalue weighted by Crippen LogP contribution is -2.40. The molecule has 1 aromatic rings. The highest BCUT2D eigenvalue weighted by molar-refractivity contribution is 5.79. The highest BCUT2D eigenvalue weighted by Crippen LogP contribution is 2.20. The number of likely N-dealkylation sites (tertiary alicyclic amines) is 1. The Bertz CT molecular complexity index is 634. The van der Waals surface area contributed by atoms with Crippen LogP contribution in [-0.4, -0.2) is 62.7 Å². The van der Waals surface area contributed by atoms with Crippen molar-refractivity contribution < 1.29 is 4.74 Å². The van der Waals surface area contributed by atoms with Gasteiger partial charge in [0.15, 0.2) is 5.96 Å². The monoisotopic (exact) mass is 400 g/mol. The molecule has 5 heteroatoms. The van der Waals surface area contributed by atoms with Crippen molar-refractivity contribution in [1.82, 2.24) is 15.1 Å². The fraction of sp³-hybridized carbons (Fsp3) is 0.708. The largest absolute Gasteiger partial charge is 0.381 e. The molecule has 0 aliphatic carbocycles. The molecule has 0 spiro atoms. The third kappa shape index (κ3) is 7.00. The van der Waals surface area contributed by atoms with E-state index in [1.807, 2.05) is 7.05 Å². The average Bonchev–Trinajstić information content (AvgIpc) is 2.76. The number of nitrogens with zero attached hydrogens (tertiary/aromatic N) is 3. The fourth-order valence-corrected chi connectivity index (χ4v) is 4.42. The van der Waals surface area contributed by atoms with Gasteiger partial charge >= 0.3 is 0 Å². The van der Waals surface area contributed by atoms with Crippen LogP contribution in [0.15, 0.2) is 29.3 Å². The summed E-state index contributed by atoms with van der Waals surface area (Å²) in [5, 5.41) is 3.59. The van der Waals surface area contributed by atoms with Crippen molar-refractivity contribution in [2.75, 3.05) is 46.9 Å². The summed E-state index contributed by atoms with van der Waals surface area (Å²) in [5.41, 5.74) is 2.82. The predicted molar refractivity (Wildman–Crippen MR) is 121 cm³/mol. The molecule has 0 atom stereocenters. The third-order valence-electron chi connectivity index (χ3n) is 6.61. The van der Waals surface area contributed by atoms with Gasteiger partial charge in [0.05, 0.1) is 0 Å². The van der Waals surface area contributed by atoms with Gasteiger partial charge in [0.1, 0.15) is 0 Å². The molecule has 0 aromatic heterocycles. The molecule has 3 rings (SSSR count). The summed E-state index contributed by atoms with van der Waals surface area (Å²) in [6, 6.07) is 8.85. The molecule has 0 radical (unpaired) electrons. The van der Waals surface area contributed by atoms with Crippen molar-refractivity contribution in [3.63, 3.8) is 0 Å². The molecule has 1 aromatic carbocycles. The van der Waals surface area contributed by atoms with E-state index in [4.69, 9.17) is 4.74 Å². The summed E-state index contributed by atoms with van der Waals surface area (Å²) in [6.45, 7) is 9.59. The quantitative estimate of drug-likeness (QED) is 0.559. The number of hydrogen-bond acceptors (Lipinski definition) is 3. The van der Waals surface area contributed by atoms with E-state index in [-0.39, 0.29) is 0 Å². The van der Waals surface area contributed by atoms with Crippen LogP contribution in [0.4, 0.5) is 0 Å². The second-order valence-electron chi connectivity index (χ2n) is 8.89. The SMILES string of the molecule is CN=C(NCc1ccccc1CN1CCC(C)CC1)N(C)CCC1CCOCC1. The van der Waals surface area contributed by atoms with Crippen molar-refractivity contribution in [3.05, 3.63) is 35.4 Å². The Hall–Kier alpha value is -1.59. The van der Waals surface area contributed by atoms with E-state index >= 15 is 0 Å². The van der Waals surface area contributed by atoms with E-state index in [1.165, 1.54) is 56.3 Å². The summed E-state index contributed by atoms with van der Waals surface area (Å²) in [7, 11) is 4.03. The predicted octanol–water partition coefficient (Wildman–Crippen LogP) is 3.74. The molecule has 2 aliphatic heterocycles. The van der Waals surface area contributed by atoms with Crippen molar-refractivity contribution in [2.45, 2.75) is 52.1 Å².